The quantitative estimate of drug-likeness (QED) is 0.295. The van der Waals surface area contributed by atoms with E-state index in [4.69, 9.17) is 9.47 Å². The summed E-state index contributed by atoms with van der Waals surface area (Å²) in [4.78, 5) is 6.60. The van der Waals surface area contributed by atoms with E-state index in [1.807, 2.05) is 32.0 Å². The van der Waals surface area contributed by atoms with Gasteiger partial charge in [-0.05, 0) is 44.4 Å². The molecule has 0 bridgehead atoms. The van der Waals surface area contributed by atoms with E-state index >= 15 is 0 Å². The van der Waals surface area contributed by atoms with Crippen molar-refractivity contribution in [3.05, 3.63) is 23.8 Å². The molecule has 5 nitrogen and oxygen atoms in total. The Balaban J connectivity index is 0.00000484. The maximum atomic E-state index is 5.61. The second-order valence-corrected chi connectivity index (χ2v) is 5.15. The Kier molecular flexibility index (Phi) is 11.6. The SMILES string of the molecule is CCNC(=NCCCc1ccc(OC)c(OCC)c1)N(C)C.I. The predicted octanol–water partition coefficient (Wildman–Crippen LogP) is 3.17. The van der Waals surface area contributed by atoms with Gasteiger partial charge in [0.05, 0.1) is 13.7 Å². The largest absolute Gasteiger partial charge is 0.493 e. The smallest absolute Gasteiger partial charge is 0.193 e. The minimum absolute atomic E-state index is 0. The molecule has 1 rings (SSSR count). The van der Waals surface area contributed by atoms with Crippen LogP contribution in [0.25, 0.3) is 0 Å². The molecule has 0 aromatic heterocycles. The molecule has 6 heteroatoms. The van der Waals surface area contributed by atoms with Gasteiger partial charge in [0, 0.05) is 27.2 Å². The van der Waals surface area contributed by atoms with Crippen LogP contribution in [0, 0.1) is 0 Å². The summed E-state index contributed by atoms with van der Waals surface area (Å²) in [5, 5.41) is 3.26. The molecule has 1 aromatic rings. The van der Waals surface area contributed by atoms with Crippen molar-refractivity contribution in [1.29, 1.82) is 0 Å². The van der Waals surface area contributed by atoms with Gasteiger partial charge in [-0.3, -0.25) is 4.99 Å². The van der Waals surface area contributed by atoms with Gasteiger partial charge in [0.25, 0.3) is 0 Å². The van der Waals surface area contributed by atoms with Crippen LogP contribution in [-0.2, 0) is 6.42 Å². The Labute approximate surface area is 157 Å². The Morgan fingerprint density at radius 1 is 1.22 bits per heavy atom. The first-order valence-corrected chi connectivity index (χ1v) is 7.87. The van der Waals surface area contributed by atoms with Gasteiger partial charge in [-0.25, -0.2) is 0 Å². The minimum atomic E-state index is 0. The highest BCUT2D eigenvalue weighted by atomic mass is 127. The van der Waals surface area contributed by atoms with Gasteiger partial charge < -0.3 is 19.7 Å². The van der Waals surface area contributed by atoms with Crippen LogP contribution in [0.4, 0.5) is 0 Å². The molecule has 0 saturated heterocycles. The summed E-state index contributed by atoms with van der Waals surface area (Å²) >= 11 is 0. The lowest BCUT2D eigenvalue weighted by Crippen LogP contribution is -2.36. The molecule has 0 unspecified atom stereocenters. The maximum Gasteiger partial charge on any atom is 0.193 e. The summed E-state index contributed by atoms with van der Waals surface area (Å²) in [7, 11) is 5.66. The molecular weight excluding hydrogens is 405 g/mol. The fourth-order valence-corrected chi connectivity index (χ4v) is 2.13. The minimum Gasteiger partial charge on any atom is -0.493 e. The lowest BCUT2D eigenvalue weighted by atomic mass is 10.1. The number of benzene rings is 1. The van der Waals surface area contributed by atoms with E-state index in [9.17, 15) is 0 Å². The van der Waals surface area contributed by atoms with Crippen LogP contribution in [-0.4, -0.2) is 51.8 Å². The van der Waals surface area contributed by atoms with E-state index in [0.29, 0.717) is 6.61 Å². The van der Waals surface area contributed by atoms with Crippen molar-refractivity contribution in [1.82, 2.24) is 10.2 Å². The van der Waals surface area contributed by atoms with Gasteiger partial charge in [0.1, 0.15) is 0 Å². The highest BCUT2D eigenvalue weighted by Crippen LogP contribution is 2.28. The zero-order valence-electron chi connectivity index (χ0n) is 14.9. The van der Waals surface area contributed by atoms with Crippen molar-refractivity contribution in [3.63, 3.8) is 0 Å². The average Bonchev–Trinajstić information content (AvgIpc) is 2.50. The van der Waals surface area contributed by atoms with Gasteiger partial charge in [0.15, 0.2) is 17.5 Å². The van der Waals surface area contributed by atoms with Gasteiger partial charge in [0.2, 0.25) is 0 Å². The lowest BCUT2D eigenvalue weighted by Gasteiger charge is -2.16. The number of halogens is 1. The number of aryl methyl sites for hydroxylation is 1. The predicted molar refractivity (Wildman–Crippen MR) is 108 cm³/mol. The lowest BCUT2D eigenvalue weighted by molar-refractivity contribution is 0.310. The highest BCUT2D eigenvalue weighted by Gasteiger charge is 2.05. The number of rotatable bonds is 8. The molecule has 0 fully saturated rings. The number of hydrogen-bond donors (Lipinski definition) is 1. The Bertz CT molecular complexity index is 479. The number of methoxy groups -OCH3 is 1. The van der Waals surface area contributed by atoms with Crippen molar-refractivity contribution in [2.24, 2.45) is 4.99 Å². The second-order valence-electron chi connectivity index (χ2n) is 5.15. The Morgan fingerprint density at radius 3 is 2.52 bits per heavy atom. The average molecular weight is 435 g/mol. The summed E-state index contributed by atoms with van der Waals surface area (Å²) < 4.78 is 10.9. The number of nitrogens with zero attached hydrogens (tertiary/aromatic N) is 2. The third kappa shape index (κ3) is 7.76. The fraction of sp³-hybridized carbons (Fsp3) is 0.588. The third-order valence-electron chi connectivity index (χ3n) is 3.17. The van der Waals surface area contributed by atoms with Gasteiger partial charge in [-0.1, -0.05) is 6.07 Å². The normalized spacial score (nSPS) is 10.7. The summed E-state index contributed by atoms with van der Waals surface area (Å²) in [5.41, 5.74) is 1.24. The maximum absolute atomic E-state index is 5.61. The van der Waals surface area contributed by atoms with Crippen LogP contribution >= 0.6 is 24.0 Å². The van der Waals surface area contributed by atoms with Crippen LogP contribution in [0.5, 0.6) is 11.5 Å². The molecular formula is C17H30IN3O2. The van der Waals surface area contributed by atoms with Crippen LogP contribution in [0.2, 0.25) is 0 Å². The van der Waals surface area contributed by atoms with Crippen LogP contribution in [0.1, 0.15) is 25.8 Å². The van der Waals surface area contributed by atoms with E-state index < -0.39 is 0 Å². The Hall–Kier alpha value is -1.18. The molecule has 0 radical (unpaired) electrons. The molecule has 1 aromatic carbocycles. The van der Waals surface area contributed by atoms with Gasteiger partial charge in [-0.2, -0.15) is 0 Å². The summed E-state index contributed by atoms with van der Waals surface area (Å²) in [6.07, 6.45) is 1.97. The van der Waals surface area contributed by atoms with Crippen molar-refractivity contribution < 1.29 is 9.47 Å². The zero-order chi connectivity index (χ0) is 16.4. The molecule has 0 atom stereocenters. The molecule has 0 heterocycles. The first-order valence-electron chi connectivity index (χ1n) is 7.87. The van der Waals surface area contributed by atoms with Crippen LogP contribution in [0.3, 0.4) is 0 Å². The van der Waals surface area contributed by atoms with Crippen molar-refractivity contribution in [2.75, 3.05) is 40.9 Å². The van der Waals surface area contributed by atoms with E-state index in [1.165, 1.54) is 5.56 Å². The topological polar surface area (TPSA) is 46.1 Å². The Morgan fingerprint density at radius 2 is 1.96 bits per heavy atom. The number of hydrogen-bond acceptors (Lipinski definition) is 3. The molecule has 132 valence electrons. The molecule has 0 amide bonds. The van der Waals surface area contributed by atoms with E-state index in [2.05, 4.69) is 29.4 Å². The number of aliphatic imine (C=N–C) groups is 1. The molecule has 0 aliphatic heterocycles. The molecule has 1 N–H and O–H groups in total. The summed E-state index contributed by atoms with van der Waals surface area (Å²) in [6, 6.07) is 6.11. The molecule has 0 spiro atoms. The molecule has 0 saturated carbocycles. The fourth-order valence-electron chi connectivity index (χ4n) is 2.13. The molecule has 23 heavy (non-hydrogen) atoms. The number of ether oxygens (including phenoxy) is 2. The van der Waals surface area contributed by atoms with Crippen molar-refractivity contribution in [2.45, 2.75) is 26.7 Å². The standard InChI is InChI=1S/C17H29N3O2.HI/c1-6-18-17(20(3)4)19-12-8-9-14-10-11-15(21-5)16(13-14)22-7-2;/h10-11,13H,6-9,12H2,1-5H3,(H,18,19);1H. The van der Waals surface area contributed by atoms with Crippen LogP contribution in [0.15, 0.2) is 23.2 Å². The van der Waals surface area contributed by atoms with E-state index in [-0.39, 0.29) is 24.0 Å². The van der Waals surface area contributed by atoms with E-state index in [1.54, 1.807) is 7.11 Å². The monoisotopic (exact) mass is 435 g/mol. The zero-order valence-corrected chi connectivity index (χ0v) is 17.2. The highest BCUT2D eigenvalue weighted by molar-refractivity contribution is 14.0. The van der Waals surface area contributed by atoms with Crippen molar-refractivity contribution >= 4 is 29.9 Å². The summed E-state index contributed by atoms with van der Waals surface area (Å²) in [5.74, 6) is 2.53. The number of nitrogens with one attached hydrogen (secondary N) is 1. The third-order valence-corrected chi connectivity index (χ3v) is 3.17. The summed E-state index contributed by atoms with van der Waals surface area (Å²) in [6.45, 7) is 6.37. The van der Waals surface area contributed by atoms with Gasteiger partial charge in [-0.15, -0.1) is 24.0 Å². The molecule has 0 aliphatic carbocycles. The van der Waals surface area contributed by atoms with E-state index in [0.717, 1.165) is 43.4 Å². The molecule has 0 aliphatic rings. The first-order chi connectivity index (χ1) is 10.6. The number of guanidine groups is 1. The van der Waals surface area contributed by atoms with Gasteiger partial charge >= 0.3 is 0 Å². The van der Waals surface area contributed by atoms with Crippen LogP contribution < -0.4 is 14.8 Å². The van der Waals surface area contributed by atoms with Crippen molar-refractivity contribution in [3.8, 4) is 11.5 Å². The first kappa shape index (κ1) is 21.8. The second kappa shape index (κ2) is 12.3.